The highest BCUT2D eigenvalue weighted by atomic mass is 35.5. The first kappa shape index (κ1) is 18.7. The van der Waals surface area contributed by atoms with Gasteiger partial charge in [0.25, 0.3) is 5.88 Å². The number of aromatic nitrogens is 3. The molecule has 3 heterocycles. The molecule has 0 bridgehead atoms. The van der Waals surface area contributed by atoms with Crippen LogP contribution in [0.5, 0.6) is 5.88 Å². The van der Waals surface area contributed by atoms with E-state index >= 15 is 0 Å². The number of ether oxygens (including phenoxy) is 1. The van der Waals surface area contributed by atoms with Crippen LogP contribution in [-0.2, 0) is 0 Å². The Balaban J connectivity index is 1.63. The molecular weight excluding hydrogens is 374 g/mol. The van der Waals surface area contributed by atoms with Gasteiger partial charge in [-0.15, -0.1) is 0 Å². The van der Waals surface area contributed by atoms with Crippen molar-refractivity contribution < 1.29 is 4.74 Å². The quantitative estimate of drug-likeness (QED) is 0.652. The molecule has 1 aliphatic heterocycles. The van der Waals surface area contributed by atoms with E-state index in [0.717, 1.165) is 25.1 Å². The topological polar surface area (TPSA) is 66.5 Å². The van der Waals surface area contributed by atoms with Crippen LogP contribution in [-0.4, -0.2) is 45.5 Å². The number of nitriles is 1. The van der Waals surface area contributed by atoms with Crippen LogP contribution in [0.15, 0.2) is 36.7 Å². The second-order valence-corrected chi connectivity index (χ2v) is 7.44. The predicted molar refractivity (Wildman–Crippen MR) is 108 cm³/mol. The average Bonchev–Trinajstić information content (AvgIpc) is 3.24. The molecule has 0 spiro atoms. The maximum Gasteiger partial charge on any atom is 0.259 e. The van der Waals surface area contributed by atoms with Gasteiger partial charge in [0.05, 0.1) is 18.2 Å². The third-order valence-corrected chi connectivity index (χ3v) is 5.61. The summed E-state index contributed by atoms with van der Waals surface area (Å²) >= 11 is 6.58. The van der Waals surface area contributed by atoms with Crippen molar-refractivity contribution in [1.29, 1.82) is 5.26 Å². The largest absolute Gasteiger partial charge is 0.475 e. The highest BCUT2D eigenvalue weighted by Crippen LogP contribution is 2.31. The second kappa shape index (κ2) is 8.17. The van der Waals surface area contributed by atoms with E-state index in [2.05, 4.69) is 27.9 Å². The first-order chi connectivity index (χ1) is 13.7. The molecular formula is C21H22ClN5O. The van der Waals surface area contributed by atoms with Gasteiger partial charge in [-0.1, -0.05) is 30.7 Å². The van der Waals surface area contributed by atoms with Crippen LogP contribution >= 0.6 is 11.6 Å². The Morgan fingerprint density at radius 1 is 1.32 bits per heavy atom. The van der Waals surface area contributed by atoms with Crippen LogP contribution in [0, 0.1) is 17.2 Å². The minimum Gasteiger partial charge on any atom is -0.475 e. The van der Waals surface area contributed by atoms with Crippen LogP contribution in [0.4, 0.5) is 0 Å². The molecule has 28 heavy (non-hydrogen) atoms. The minimum absolute atomic E-state index is 0.472. The molecule has 7 heteroatoms. The molecule has 4 rings (SSSR count). The van der Waals surface area contributed by atoms with Crippen molar-refractivity contribution >= 4 is 17.2 Å². The number of likely N-dealkylation sites (tertiary alicyclic amines) is 1. The van der Waals surface area contributed by atoms with Crippen LogP contribution < -0.4 is 4.74 Å². The first-order valence-corrected chi connectivity index (χ1v) is 9.95. The molecule has 6 nitrogen and oxygen atoms in total. The van der Waals surface area contributed by atoms with Crippen molar-refractivity contribution in [2.75, 3.05) is 26.2 Å². The zero-order valence-corrected chi connectivity index (χ0v) is 16.6. The van der Waals surface area contributed by atoms with Gasteiger partial charge >= 0.3 is 0 Å². The standard InChI is InChI=1S/C21H22ClN5O/c1-2-26-10-3-4-16(13-26)14-28-21-20-24-9-11-27(20)19(22)18(25-21)17-7-5-15(12-23)6-8-17/h5-9,11,16H,2-4,10,13-14H2,1H3/t16-/m1/s1. The monoisotopic (exact) mass is 395 g/mol. The van der Waals surface area contributed by atoms with Gasteiger partial charge in [0, 0.05) is 30.4 Å². The van der Waals surface area contributed by atoms with Crippen molar-refractivity contribution in [3.8, 4) is 23.2 Å². The molecule has 1 aliphatic rings. The lowest BCUT2D eigenvalue weighted by Crippen LogP contribution is -2.37. The fourth-order valence-corrected chi connectivity index (χ4v) is 3.97. The van der Waals surface area contributed by atoms with E-state index in [4.69, 9.17) is 21.6 Å². The molecule has 1 aromatic carbocycles. The number of hydrogen-bond donors (Lipinski definition) is 0. The molecule has 144 valence electrons. The lowest BCUT2D eigenvalue weighted by molar-refractivity contribution is 0.133. The summed E-state index contributed by atoms with van der Waals surface area (Å²) < 4.78 is 7.93. The number of hydrogen-bond acceptors (Lipinski definition) is 5. The first-order valence-electron chi connectivity index (χ1n) is 9.58. The number of rotatable bonds is 5. The molecule has 1 atom stereocenters. The predicted octanol–water partition coefficient (Wildman–Crippen LogP) is 4.03. The van der Waals surface area contributed by atoms with Gasteiger partial charge in [-0.25, -0.2) is 9.97 Å². The van der Waals surface area contributed by atoms with E-state index < -0.39 is 0 Å². The van der Waals surface area contributed by atoms with Gasteiger partial charge in [-0.05, 0) is 38.1 Å². The van der Waals surface area contributed by atoms with Crippen LogP contribution in [0.1, 0.15) is 25.3 Å². The molecule has 0 radical (unpaired) electrons. The molecule has 0 saturated carbocycles. The van der Waals surface area contributed by atoms with Crippen LogP contribution in [0.25, 0.3) is 16.9 Å². The van der Waals surface area contributed by atoms with E-state index in [-0.39, 0.29) is 0 Å². The van der Waals surface area contributed by atoms with Crippen molar-refractivity contribution in [3.05, 3.63) is 47.4 Å². The summed E-state index contributed by atoms with van der Waals surface area (Å²) in [5.41, 5.74) is 2.66. The van der Waals surface area contributed by atoms with Crippen molar-refractivity contribution in [1.82, 2.24) is 19.3 Å². The number of benzene rings is 1. The summed E-state index contributed by atoms with van der Waals surface area (Å²) in [7, 11) is 0. The Labute approximate surface area is 169 Å². The Hall–Kier alpha value is -2.62. The van der Waals surface area contributed by atoms with E-state index in [1.165, 1.54) is 13.0 Å². The smallest absolute Gasteiger partial charge is 0.259 e. The number of imidazole rings is 1. The Bertz CT molecular complexity index is 1010. The van der Waals surface area contributed by atoms with E-state index in [1.807, 2.05) is 12.1 Å². The molecule has 1 fully saturated rings. The zero-order chi connectivity index (χ0) is 19.5. The zero-order valence-electron chi connectivity index (χ0n) is 15.8. The number of piperidine rings is 1. The summed E-state index contributed by atoms with van der Waals surface area (Å²) in [5.74, 6) is 0.974. The minimum atomic E-state index is 0.472. The summed E-state index contributed by atoms with van der Waals surface area (Å²) in [6.07, 6.45) is 5.86. The van der Waals surface area contributed by atoms with Gasteiger partial charge in [0.2, 0.25) is 5.65 Å². The maximum atomic E-state index is 9.01. The van der Waals surface area contributed by atoms with Crippen molar-refractivity contribution in [2.24, 2.45) is 5.92 Å². The molecule has 1 saturated heterocycles. The van der Waals surface area contributed by atoms with Gasteiger partial charge in [0.15, 0.2) is 0 Å². The van der Waals surface area contributed by atoms with Crippen LogP contribution in [0.3, 0.4) is 0 Å². The van der Waals surface area contributed by atoms with E-state index in [1.54, 1.807) is 28.9 Å². The van der Waals surface area contributed by atoms with E-state index in [9.17, 15) is 0 Å². The second-order valence-electron chi connectivity index (χ2n) is 7.08. The summed E-state index contributed by atoms with van der Waals surface area (Å²) in [5, 5.41) is 9.49. The SMILES string of the molecule is CCN1CCC[C@@H](COc2nc(-c3ccc(C#N)cc3)c(Cl)n3ccnc23)C1. The molecule has 0 amide bonds. The number of fused-ring (bicyclic) bond motifs is 1. The van der Waals surface area contributed by atoms with Gasteiger partial charge in [-0.2, -0.15) is 5.26 Å². The molecule has 2 aromatic heterocycles. The van der Waals surface area contributed by atoms with Gasteiger partial charge in [0.1, 0.15) is 10.8 Å². The fourth-order valence-electron chi connectivity index (χ4n) is 3.69. The Morgan fingerprint density at radius 3 is 2.89 bits per heavy atom. The third-order valence-electron chi connectivity index (χ3n) is 5.25. The Morgan fingerprint density at radius 2 is 2.14 bits per heavy atom. The molecule has 0 unspecified atom stereocenters. The molecule has 0 aliphatic carbocycles. The lowest BCUT2D eigenvalue weighted by atomic mass is 9.99. The van der Waals surface area contributed by atoms with Crippen molar-refractivity contribution in [2.45, 2.75) is 19.8 Å². The van der Waals surface area contributed by atoms with E-state index in [0.29, 0.717) is 40.5 Å². The number of nitrogens with zero attached hydrogens (tertiary/aromatic N) is 5. The van der Waals surface area contributed by atoms with Gasteiger partial charge < -0.3 is 9.64 Å². The molecule has 0 N–H and O–H groups in total. The highest BCUT2D eigenvalue weighted by Gasteiger charge is 2.21. The normalized spacial score (nSPS) is 17.5. The van der Waals surface area contributed by atoms with Crippen LogP contribution in [0.2, 0.25) is 5.15 Å². The third kappa shape index (κ3) is 3.68. The average molecular weight is 396 g/mol. The maximum absolute atomic E-state index is 9.01. The Kier molecular flexibility index (Phi) is 5.47. The lowest BCUT2D eigenvalue weighted by Gasteiger charge is -2.31. The fraction of sp³-hybridized carbons (Fsp3) is 0.381. The summed E-state index contributed by atoms with van der Waals surface area (Å²) in [4.78, 5) is 11.5. The molecule has 3 aromatic rings. The summed E-state index contributed by atoms with van der Waals surface area (Å²) in [6, 6.07) is 9.33. The summed E-state index contributed by atoms with van der Waals surface area (Å²) in [6.45, 7) is 6.10. The highest BCUT2D eigenvalue weighted by molar-refractivity contribution is 6.32. The van der Waals surface area contributed by atoms with Crippen molar-refractivity contribution in [3.63, 3.8) is 0 Å². The van der Waals surface area contributed by atoms with Gasteiger partial charge in [-0.3, -0.25) is 4.40 Å². The number of halogens is 1.